The molecule has 0 N–H and O–H groups in total. The Hall–Kier alpha value is -0.770. The maximum atomic E-state index is 11.3. The molecule has 0 amide bonds. The summed E-state index contributed by atoms with van der Waals surface area (Å²) in [7, 11) is 0. The van der Waals surface area contributed by atoms with E-state index < -0.39 is 0 Å². The van der Waals surface area contributed by atoms with E-state index >= 15 is 0 Å². The molecule has 0 fully saturated rings. The number of hydrogen-bond donors (Lipinski definition) is 0. The first-order valence-electron chi connectivity index (χ1n) is 3.46. The first-order chi connectivity index (χ1) is 5.13. The van der Waals surface area contributed by atoms with Crippen LogP contribution < -0.4 is 0 Å². The van der Waals surface area contributed by atoms with Gasteiger partial charge in [-0.2, -0.15) is 8.75 Å². The summed E-state index contributed by atoms with van der Waals surface area (Å²) in [5, 5.41) is 0. The first kappa shape index (κ1) is 8.33. The molecule has 0 aliphatic rings. The van der Waals surface area contributed by atoms with Gasteiger partial charge in [-0.3, -0.25) is 4.79 Å². The third kappa shape index (κ3) is 1.63. The highest BCUT2D eigenvalue weighted by Gasteiger charge is 2.15. The van der Waals surface area contributed by atoms with Crippen molar-refractivity contribution < 1.29 is 4.79 Å². The Labute approximate surface area is 69.8 Å². The molecule has 60 valence electrons. The lowest BCUT2D eigenvalue weighted by Gasteiger charge is -1.98. The molecule has 0 saturated carbocycles. The number of rotatable bonds is 2. The Kier molecular flexibility index (Phi) is 2.34. The van der Waals surface area contributed by atoms with Gasteiger partial charge in [0.25, 0.3) is 0 Å². The molecule has 1 aromatic rings. The highest BCUT2D eigenvalue weighted by molar-refractivity contribution is 6.99. The van der Waals surface area contributed by atoms with Gasteiger partial charge in [-0.25, -0.2) is 0 Å². The SMILES string of the molecule is Cc1nsnc1C(=O)C(C)C. The van der Waals surface area contributed by atoms with E-state index in [-0.39, 0.29) is 11.7 Å². The number of aromatic nitrogens is 2. The van der Waals surface area contributed by atoms with Crippen LogP contribution in [0.5, 0.6) is 0 Å². The molecule has 0 saturated heterocycles. The van der Waals surface area contributed by atoms with Crippen molar-refractivity contribution in [1.29, 1.82) is 0 Å². The van der Waals surface area contributed by atoms with E-state index in [2.05, 4.69) is 8.75 Å². The standard InChI is InChI=1S/C7H10N2OS/c1-4(2)7(10)6-5(3)8-11-9-6/h4H,1-3H3. The Morgan fingerprint density at radius 2 is 2.09 bits per heavy atom. The molecule has 11 heavy (non-hydrogen) atoms. The van der Waals surface area contributed by atoms with Crippen molar-refractivity contribution in [3.63, 3.8) is 0 Å². The minimum absolute atomic E-state index is 0.0117. The molecule has 0 aliphatic heterocycles. The smallest absolute Gasteiger partial charge is 0.186 e. The normalized spacial score (nSPS) is 10.5. The molecule has 0 unspecified atom stereocenters. The predicted octanol–water partition coefficient (Wildman–Crippen LogP) is 1.69. The molecule has 1 aromatic heterocycles. The van der Waals surface area contributed by atoms with Crippen molar-refractivity contribution in [2.45, 2.75) is 20.8 Å². The van der Waals surface area contributed by atoms with Gasteiger partial charge in [-0.15, -0.1) is 0 Å². The minimum Gasteiger partial charge on any atom is -0.292 e. The zero-order chi connectivity index (χ0) is 8.43. The summed E-state index contributed by atoms with van der Waals surface area (Å²) >= 11 is 1.09. The van der Waals surface area contributed by atoms with Crippen molar-refractivity contribution >= 4 is 17.5 Å². The molecule has 0 aromatic carbocycles. The second-order valence-electron chi connectivity index (χ2n) is 2.72. The van der Waals surface area contributed by atoms with Gasteiger partial charge in [0.1, 0.15) is 5.69 Å². The van der Waals surface area contributed by atoms with Crippen molar-refractivity contribution in [3.8, 4) is 0 Å². The minimum atomic E-state index is 0.0117. The van der Waals surface area contributed by atoms with Gasteiger partial charge in [0.15, 0.2) is 5.78 Å². The summed E-state index contributed by atoms with van der Waals surface area (Å²) < 4.78 is 7.85. The number of nitrogens with zero attached hydrogens (tertiary/aromatic N) is 2. The van der Waals surface area contributed by atoms with E-state index in [1.54, 1.807) is 6.92 Å². The molecule has 1 heterocycles. The van der Waals surface area contributed by atoms with Crippen molar-refractivity contribution in [3.05, 3.63) is 11.4 Å². The van der Waals surface area contributed by atoms with Crippen LogP contribution in [0.1, 0.15) is 30.0 Å². The maximum Gasteiger partial charge on any atom is 0.186 e. The number of Topliss-reactive ketones (excluding diaryl/α,β-unsaturated/α-hetero) is 1. The van der Waals surface area contributed by atoms with Gasteiger partial charge in [-0.1, -0.05) is 13.8 Å². The van der Waals surface area contributed by atoms with Crippen LogP contribution >= 0.6 is 11.7 Å². The second kappa shape index (κ2) is 3.09. The Balaban J connectivity index is 2.93. The third-order valence-corrected chi connectivity index (χ3v) is 2.03. The van der Waals surface area contributed by atoms with Crippen LogP contribution in [-0.2, 0) is 0 Å². The molecule has 0 radical (unpaired) electrons. The van der Waals surface area contributed by atoms with Crippen LogP contribution in [0, 0.1) is 12.8 Å². The number of carbonyl (C=O) groups is 1. The lowest BCUT2D eigenvalue weighted by molar-refractivity contribution is 0.0934. The van der Waals surface area contributed by atoms with Gasteiger partial charge in [0, 0.05) is 5.92 Å². The fraction of sp³-hybridized carbons (Fsp3) is 0.571. The summed E-state index contributed by atoms with van der Waals surface area (Å²) in [6, 6.07) is 0. The molecular weight excluding hydrogens is 160 g/mol. The van der Waals surface area contributed by atoms with E-state index in [4.69, 9.17) is 0 Å². The van der Waals surface area contributed by atoms with Gasteiger partial charge in [-0.05, 0) is 6.92 Å². The Morgan fingerprint density at radius 1 is 1.45 bits per heavy atom. The molecule has 0 spiro atoms. The summed E-state index contributed by atoms with van der Waals surface area (Å²) in [6.45, 7) is 5.53. The summed E-state index contributed by atoms with van der Waals surface area (Å²) in [6.07, 6.45) is 0. The Bertz CT molecular complexity index is 267. The largest absolute Gasteiger partial charge is 0.292 e. The lowest BCUT2D eigenvalue weighted by atomic mass is 10.1. The fourth-order valence-corrected chi connectivity index (χ4v) is 1.28. The fourth-order valence-electron chi connectivity index (χ4n) is 0.728. The zero-order valence-corrected chi connectivity index (χ0v) is 7.60. The van der Waals surface area contributed by atoms with Crippen molar-refractivity contribution in [1.82, 2.24) is 8.75 Å². The molecule has 3 nitrogen and oxygen atoms in total. The van der Waals surface area contributed by atoms with Crippen molar-refractivity contribution in [2.75, 3.05) is 0 Å². The zero-order valence-electron chi connectivity index (χ0n) is 6.79. The summed E-state index contributed by atoms with van der Waals surface area (Å²) in [4.78, 5) is 11.3. The van der Waals surface area contributed by atoms with E-state index in [1.807, 2.05) is 13.8 Å². The van der Waals surface area contributed by atoms with Crippen LogP contribution in [-0.4, -0.2) is 14.5 Å². The van der Waals surface area contributed by atoms with Gasteiger partial charge in [0.2, 0.25) is 0 Å². The molecule has 1 rings (SSSR count). The molecular formula is C7H10N2OS. The van der Waals surface area contributed by atoms with Crippen LogP contribution in [0.2, 0.25) is 0 Å². The third-order valence-electron chi connectivity index (χ3n) is 1.41. The Morgan fingerprint density at radius 3 is 2.45 bits per heavy atom. The number of carbonyl (C=O) groups excluding carboxylic acids is 1. The summed E-state index contributed by atoms with van der Waals surface area (Å²) in [5.74, 6) is 0.0915. The summed E-state index contributed by atoms with van der Waals surface area (Å²) in [5.41, 5.74) is 1.28. The van der Waals surface area contributed by atoms with Crippen LogP contribution in [0.4, 0.5) is 0 Å². The predicted molar refractivity (Wildman–Crippen MR) is 43.8 cm³/mol. The quantitative estimate of drug-likeness (QED) is 0.634. The van der Waals surface area contributed by atoms with Crippen LogP contribution in [0.15, 0.2) is 0 Å². The van der Waals surface area contributed by atoms with E-state index in [1.165, 1.54) is 0 Å². The maximum absolute atomic E-state index is 11.3. The van der Waals surface area contributed by atoms with Gasteiger partial charge < -0.3 is 0 Å². The second-order valence-corrected chi connectivity index (χ2v) is 3.25. The highest BCUT2D eigenvalue weighted by atomic mass is 32.1. The van der Waals surface area contributed by atoms with Gasteiger partial charge >= 0.3 is 0 Å². The molecule has 0 atom stereocenters. The van der Waals surface area contributed by atoms with Crippen LogP contribution in [0.3, 0.4) is 0 Å². The monoisotopic (exact) mass is 170 g/mol. The molecule has 4 heteroatoms. The number of hydrogen-bond acceptors (Lipinski definition) is 4. The lowest BCUT2D eigenvalue weighted by Crippen LogP contribution is -2.09. The number of ketones is 1. The van der Waals surface area contributed by atoms with Crippen molar-refractivity contribution in [2.24, 2.45) is 5.92 Å². The van der Waals surface area contributed by atoms with E-state index in [9.17, 15) is 4.79 Å². The van der Waals surface area contributed by atoms with Gasteiger partial charge in [0.05, 0.1) is 17.4 Å². The molecule has 0 bridgehead atoms. The first-order valence-corrected chi connectivity index (χ1v) is 4.19. The molecule has 0 aliphatic carbocycles. The highest BCUT2D eigenvalue weighted by Crippen LogP contribution is 2.10. The average molecular weight is 170 g/mol. The van der Waals surface area contributed by atoms with Crippen LogP contribution in [0.25, 0.3) is 0 Å². The average Bonchev–Trinajstić information content (AvgIpc) is 2.33. The van der Waals surface area contributed by atoms with E-state index in [0.717, 1.165) is 17.4 Å². The topological polar surface area (TPSA) is 42.9 Å². The van der Waals surface area contributed by atoms with E-state index in [0.29, 0.717) is 5.69 Å². The number of aryl methyl sites for hydroxylation is 1.